The van der Waals surface area contributed by atoms with E-state index in [0.29, 0.717) is 18.3 Å². The second-order valence-electron chi connectivity index (χ2n) is 5.16. The van der Waals surface area contributed by atoms with Crippen LogP contribution in [-0.4, -0.2) is 34.4 Å². The Bertz CT molecular complexity index is 598. The highest BCUT2D eigenvalue weighted by atomic mass is 16.5. The molecule has 0 amide bonds. The molecule has 3 rings (SSSR count). The molecule has 6 heteroatoms. The third-order valence-electron chi connectivity index (χ3n) is 3.41. The van der Waals surface area contributed by atoms with Gasteiger partial charge in [0.25, 0.3) is 0 Å². The van der Waals surface area contributed by atoms with Crippen molar-refractivity contribution in [1.29, 1.82) is 0 Å². The zero-order valence-corrected chi connectivity index (χ0v) is 11.9. The molecule has 1 aliphatic heterocycles. The molecule has 0 radical (unpaired) electrons. The molecular formula is C14H18N4O2. The van der Waals surface area contributed by atoms with Crippen molar-refractivity contribution in [3.63, 3.8) is 0 Å². The van der Waals surface area contributed by atoms with E-state index in [-0.39, 0.29) is 12.2 Å². The average Bonchev–Trinajstić information content (AvgIpc) is 2.85. The van der Waals surface area contributed by atoms with Crippen LogP contribution < -0.4 is 4.90 Å². The van der Waals surface area contributed by atoms with Crippen molar-refractivity contribution in [3.8, 4) is 0 Å². The van der Waals surface area contributed by atoms with Crippen molar-refractivity contribution in [3.05, 3.63) is 35.8 Å². The van der Waals surface area contributed by atoms with Crippen LogP contribution >= 0.6 is 0 Å². The van der Waals surface area contributed by atoms with Crippen molar-refractivity contribution >= 4 is 5.69 Å². The summed E-state index contributed by atoms with van der Waals surface area (Å²) in [5.74, 6) is 1.11. The van der Waals surface area contributed by atoms with Gasteiger partial charge in [-0.1, -0.05) is 0 Å². The third kappa shape index (κ3) is 2.51. The predicted octanol–water partition coefficient (Wildman–Crippen LogP) is 2.05. The first-order chi connectivity index (χ1) is 9.63. The zero-order valence-electron chi connectivity index (χ0n) is 11.9. The first kappa shape index (κ1) is 13.1. The molecule has 2 aromatic rings. The van der Waals surface area contributed by atoms with Gasteiger partial charge in [0.15, 0.2) is 6.10 Å². The van der Waals surface area contributed by atoms with E-state index in [0.717, 1.165) is 12.1 Å². The highest BCUT2D eigenvalue weighted by Gasteiger charge is 2.30. The lowest BCUT2D eigenvalue weighted by Crippen LogP contribution is -2.43. The summed E-state index contributed by atoms with van der Waals surface area (Å²) in [6.45, 7) is 7.45. The fraction of sp³-hybridized carbons (Fsp3) is 0.500. The molecule has 0 bridgehead atoms. The summed E-state index contributed by atoms with van der Waals surface area (Å²) in [5, 5.41) is 7.95. The van der Waals surface area contributed by atoms with Gasteiger partial charge in [-0.25, -0.2) is 0 Å². The smallest absolute Gasteiger partial charge is 0.247 e. The Hall–Kier alpha value is -1.95. The Morgan fingerprint density at radius 3 is 2.80 bits per heavy atom. The number of hydrogen-bond acceptors (Lipinski definition) is 6. The predicted molar refractivity (Wildman–Crippen MR) is 73.5 cm³/mol. The maximum atomic E-state index is 5.92. The Morgan fingerprint density at radius 1 is 1.25 bits per heavy atom. The van der Waals surface area contributed by atoms with Gasteiger partial charge in [-0.3, -0.25) is 4.98 Å². The molecule has 0 aliphatic carbocycles. The summed E-state index contributed by atoms with van der Waals surface area (Å²) in [7, 11) is 0. The number of morpholine rings is 1. The molecule has 0 spiro atoms. The number of nitrogens with zero attached hydrogens (tertiary/aromatic N) is 4. The van der Waals surface area contributed by atoms with Crippen LogP contribution in [0, 0.1) is 13.8 Å². The van der Waals surface area contributed by atoms with E-state index in [9.17, 15) is 0 Å². The van der Waals surface area contributed by atoms with Crippen molar-refractivity contribution in [2.45, 2.75) is 33.0 Å². The van der Waals surface area contributed by atoms with Gasteiger partial charge in [0, 0.05) is 31.5 Å². The lowest BCUT2D eigenvalue weighted by Gasteiger charge is -2.37. The first-order valence-electron chi connectivity index (χ1n) is 6.74. The van der Waals surface area contributed by atoms with Crippen LogP contribution in [0.2, 0.25) is 0 Å². The van der Waals surface area contributed by atoms with Crippen LogP contribution in [0.5, 0.6) is 0 Å². The minimum atomic E-state index is -0.187. The van der Waals surface area contributed by atoms with Crippen molar-refractivity contribution < 1.29 is 9.15 Å². The normalized spacial score (nSPS) is 23.1. The maximum absolute atomic E-state index is 5.92. The molecule has 1 fully saturated rings. The summed E-state index contributed by atoms with van der Waals surface area (Å²) in [4.78, 5) is 6.43. The van der Waals surface area contributed by atoms with Crippen molar-refractivity contribution in [2.24, 2.45) is 0 Å². The molecular weight excluding hydrogens is 256 g/mol. The van der Waals surface area contributed by atoms with Crippen molar-refractivity contribution in [1.82, 2.24) is 15.2 Å². The zero-order chi connectivity index (χ0) is 14.1. The van der Waals surface area contributed by atoms with Crippen LogP contribution in [0.25, 0.3) is 0 Å². The van der Waals surface area contributed by atoms with Gasteiger partial charge in [0.2, 0.25) is 11.8 Å². The number of aromatic nitrogens is 3. The largest absolute Gasteiger partial charge is 0.423 e. The highest BCUT2D eigenvalue weighted by Crippen LogP contribution is 2.29. The fourth-order valence-corrected chi connectivity index (χ4v) is 2.55. The molecule has 1 saturated heterocycles. The minimum Gasteiger partial charge on any atom is -0.423 e. The van der Waals surface area contributed by atoms with Crippen molar-refractivity contribution in [2.75, 3.05) is 18.0 Å². The summed E-state index contributed by atoms with van der Waals surface area (Å²) in [6, 6.07) is 2.03. The van der Waals surface area contributed by atoms with Crippen LogP contribution in [0.3, 0.4) is 0 Å². The number of rotatable bonds is 2. The summed E-state index contributed by atoms with van der Waals surface area (Å²) < 4.78 is 11.4. The number of hydrogen-bond donors (Lipinski definition) is 0. The van der Waals surface area contributed by atoms with Crippen LogP contribution in [0.1, 0.15) is 30.4 Å². The number of pyridine rings is 1. The van der Waals surface area contributed by atoms with E-state index in [2.05, 4.69) is 33.9 Å². The second-order valence-corrected chi connectivity index (χ2v) is 5.16. The van der Waals surface area contributed by atoms with E-state index in [1.807, 2.05) is 18.5 Å². The Kier molecular flexibility index (Phi) is 3.40. The van der Waals surface area contributed by atoms with Gasteiger partial charge < -0.3 is 14.1 Å². The Balaban J connectivity index is 1.85. The molecule has 3 heterocycles. The first-order valence-corrected chi connectivity index (χ1v) is 6.74. The van der Waals surface area contributed by atoms with Gasteiger partial charge in [0.05, 0.1) is 12.6 Å². The van der Waals surface area contributed by atoms with E-state index in [4.69, 9.17) is 9.15 Å². The standard InChI is InChI=1S/C14H18N4O2/c1-9-6-15-5-4-12(9)18-7-10(2)19-13(8-18)14-17-16-11(3)20-14/h4-6,10,13H,7-8H2,1-3H3/t10-,13-/m1/s1. The molecule has 2 aromatic heterocycles. The fourth-order valence-electron chi connectivity index (χ4n) is 2.55. The quantitative estimate of drug-likeness (QED) is 0.835. The van der Waals surface area contributed by atoms with E-state index in [1.54, 1.807) is 6.92 Å². The monoisotopic (exact) mass is 274 g/mol. The lowest BCUT2D eigenvalue weighted by molar-refractivity contribution is -0.0312. The number of aryl methyl sites for hydroxylation is 2. The van der Waals surface area contributed by atoms with Gasteiger partial charge in [-0.05, 0) is 25.5 Å². The summed E-state index contributed by atoms with van der Waals surface area (Å²) >= 11 is 0. The van der Waals surface area contributed by atoms with Crippen LogP contribution in [-0.2, 0) is 4.74 Å². The van der Waals surface area contributed by atoms with Gasteiger partial charge in [-0.15, -0.1) is 10.2 Å². The lowest BCUT2D eigenvalue weighted by atomic mass is 10.1. The molecule has 106 valence electrons. The Labute approximate surface area is 117 Å². The van der Waals surface area contributed by atoms with Gasteiger partial charge >= 0.3 is 0 Å². The molecule has 0 aromatic carbocycles. The maximum Gasteiger partial charge on any atom is 0.247 e. The third-order valence-corrected chi connectivity index (χ3v) is 3.41. The minimum absolute atomic E-state index is 0.105. The van der Waals surface area contributed by atoms with Crippen LogP contribution in [0.15, 0.2) is 22.9 Å². The molecule has 20 heavy (non-hydrogen) atoms. The molecule has 1 aliphatic rings. The van der Waals surface area contributed by atoms with E-state index < -0.39 is 0 Å². The number of ether oxygens (including phenoxy) is 1. The number of anilines is 1. The summed E-state index contributed by atoms with van der Waals surface area (Å²) in [5.41, 5.74) is 2.33. The molecule has 2 atom stereocenters. The van der Waals surface area contributed by atoms with E-state index in [1.165, 1.54) is 5.69 Å². The van der Waals surface area contributed by atoms with E-state index >= 15 is 0 Å². The Morgan fingerprint density at radius 2 is 2.10 bits per heavy atom. The SMILES string of the molecule is Cc1nnc([C@H]2CN(c3ccncc3C)C[C@@H](C)O2)o1. The molecule has 0 N–H and O–H groups in total. The molecule has 0 unspecified atom stereocenters. The van der Waals surface area contributed by atoms with Gasteiger partial charge in [-0.2, -0.15) is 0 Å². The molecule has 0 saturated carbocycles. The second kappa shape index (κ2) is 5.20. The van der Waals surface area contributed by atoms with Gasteiger partial charge in [0.1, 0.15) is 0 Å². The van der Waals surface area contributed by atoms with Crippen LogP contribution in [0.4, 0.5) is 5.69 Å². The topological polar surface area (TPSA) is 64.3 Å². The highest BCUT2D eigenvalue weighted by molar-refractivity contribution is 5.52. The molecule has 6 nitrogen and oxygen atoms in total. The summed E-state index contributed by atoms with van der Waals surface area (Å²) in [6.07, 6.45) is 3.61. The average molecular weight is 274 g/mol.